The van der Waals surface area contributed by atoms with Gasteiger partial charge in [-0.2, -0.15) is 0 Å². The lowest BCUT2D eigenvalue weighted by Crippen LogP contribution is -2.25. The molecule has 0 fully saturated rings. The van der Waals surface area contributed by atoms with Crippen molar-refractivity contribution in [1.82, 2.24) is 5.32 Å². The van der Waals surface area contributed by atoms with E-state index < -0.39 is 6.61 Å². The topological polar surface area (TPSA) is 58.6 Å². The first-order chi connectivity index (χ1) is 7.67. The van der Waals surface area contributed by atoms with Gasteiger partial charge >= 0.3 is 0 Å². The van der Waals surface area contributed by atoms with Crippen LogP contribution in [0.3, 0.4) is 0 Å². The normalized spacial score (nSPS) is 9.94. The SMILES string of the molecule is CCOc1ccc(CNC(=O)CO)cc1C. The Balaban J connectivity index is 2.62. The molecule has 1 amide bonds. The molecule has 0 bridgehead atoms. The first kappa shape index (κ1) is 12.5. The highest BCUT2D eigenvalue weighted by molar-refractivity contribution is 5.76. The summed E-state index contributed by atoms with van der Waals surface area (Å²) < 4.78 is 5.41. The fraction of sp³-hybridized carbons (Fsp3) is 0.417. The molecule has 4 heteroatoms. The lowest BCUT2D eigenvalue weighted by Gasteiger charge is -2.09. The number of nitrogens with one attached hydrogen (secondary N) is 1. The zero-order valence-electron chi connectivity index (χ0n) is 9.62. The van der Waals surface area contributed by atoms with E-state index in [0.29, 0.717) is 13.2 Å². The predicted octanol–water partition coefficient (Wildman–Crippen LogP) is 1.00. The maximum Gasteiger partial charge on any atom is 0.245 e. The molecule has 0 aliphatic carbocycles. The summed E-state index contributed by atoms with van der Waals surface area (Å²) >= 11 is 0. The Morgan fingerprint density at radius 1 is 1.50 bits per heavy atom. The van der Waals surface area contributed by atoms with Crippen LogP contribution < -0.4 is 10.1 Å². The summed E-state index contributed by atoms with van der Waals surface area (Å²) in [5.74, 6) is 0.492. The van der Waals surface area contributed by atoms with E-state index in [4.69, 9.17) is 9.84 Å². The molecular formula is C12H17NO3. The first-order valence-electron chi connectivity index (χ1n) is 5.27. The van der Waals surface area contributed by atoms with Gasteiger partial charge in [0.05, 0.1) is 6.61 Å². The van der Waals surface area contributed by atoms with E-state index in [1.165, 1.54) is 0 Å². The molecule has 0 radical (unpaired) electrons. The van der Waals surface area contributed by atoms with Crippen LogP contribution in [0.5, 0.6) is 5.75 Å². The smallest absolute Gasteiger partial charge is 0.245 e. The molecule has 0 atom stereocenters. The number of amides is 1. The van der Waals surface area contributed by atoms with Crippen molar-refractivity contribution in [3.8, 4) is 5.75 Å². The van der Waals surface area contributed by atoms with Crippen LogP contribution in [-0.2, 0) is 11.3 Å². The van der Waals surface area contributed by atoms with Gasteiger partial charge in [0, 0.05) is 6.54 Å². The monoisotopic (exact) mass is 223 g/mol. The highest BCUT2D eigenvalue weighted by atomic mass is 16.5. The number of hydrogen-bond donors (Lipinski definition) is 2. The van der Waals surface area contributed by atoms with Crippen LogP contribution in [0.15, 0.2) is 18.2 Å². The van der Waals surface area contributed by atoms with Gasteiger partial charge in [0.25, 0.3) is 0 Å². The Labute approximate surface area is 95.2 Å². The molecule has 0 aromatic heterocycles. The Morgan fingerprint density at radius 3 is 2.81 bits per heavy atom. The van der Waals surface area contributed by atoms with Gasteiger partial charge in [0.15, 0.2) is 0 Å². The maximum absolute atomic E-state index is 10.9. The summed E-state index contributed by atoms with van der Waals surface area (Å²) in [6.07, 6.45) is 0. The third-order valence-corrected chi connectivity index (χ3v) is 2.17. The first-order valence-corrected chi connectivity index (χ1v) is 5.27. The number of aryl methyl sites for hydroxylation is 1. The number of carbonyl (C=O) groups excluding carboxylic acids is 1. The van der Waals surface area contributed by atoms with Crippen LogP contribution in [0, 0.1) is 6.92 Å². The largest absolute Gasteiger partial charge is 0.494 e. The Kier molecular flexibility index (Phi) is 4.79. The van der Waals surface area contributed by atoms with Crippen molar-refractivity contribution in [1.29, 1.82) is 0 Å². The molecule has 2 N–H and O–H groups in total. The van der Waals surface area contributed by atoms with Gasteiger partial charge in [0.2, 0.25) is 5.91 Å². The van der Waals surface area contributed by atoms with E-state index >= 15 is 0 Å². The van der Waals surface area contributed by atoms with Crippen molar-refractivity contribution in [3.63, 3.8) is 0 Å². The van der Waals surface area contributed by atoms with Crippen molar-refractivity contribution >= 4 is 5.91 Å². The Morgan fingerprint density at radius 2 is 2.25 bits per heavy atom. The average molecular weight is 223 g/mol. The van der Waals surface area contributed by atoms with Crippen molar-refractivity contribution < 1.29 is 14.6 Å². The fourth-order valence-corrected chi connectivity index (χ4v) is 1.40. The molecule has 1 aromatic carbocycles. The van der Waals surface area contributed by atoms with E-state index in [0.717, 1.165) is 16.9 Å². The van der Waals surface area contributed by atoms with Crippen LogP contribution in [0.4, 0.5) is 0 Å². The predicted molar refractivity (Wildman–Crippen MR) is 61.3 cm³/mol. The van der Waals surface area contributed by atoms with Crippen molar-refractivity contribution in [2.45, 2.75) is 20.4 Å². The number of aliphatic hydroxyl groups is 1. The van der Waals surface area contributed by atoms with Crippen LogP contribution >= 0.6 is 0 Å². The molecule has 0 aliphatic rings. The molecule has 16 heavy (non-hydrogen) atoms. The lowest BCUT2D eigenvalue weighted by molar-refractivity contribution is -0.123. The Hall–Kier alpha value is -1.55. The lowest BCUT2D eigenvalue weighted by atomic mass is 10.1. The second-order valence-electron chi connectivity index (χ2n) is 3.47. The van der Waals surface area contributed by atoms with E-state index in [-0.39, 0.29) is 5.91 Å². The minimum atomic E-state index is -0.476. The summed E-state index contributed by atoms with van der Waals surface area (Å²) in [5.41, 5.74) is 2.03. The second-order valence-corrected chi connectivity index (χ2v) is 3.47. The van der Waals surface area contributed by atoms with E-state index in [2.05, 4.69) is 5.32 Å². The minimum Gasteiger partial charge on any atom is -0.494 e. The third-order valence-electron chi connectivity index (χ3n) is 2.17. The molecule has 0 heterocycles. The second kappa shape index (κ2) is 6.12. The standard InChI is InChI=1S/C12H17NO3/c1-3-16-11-5-4-10(6-9(11)2)7-13-12(15)8-14/h4-6,14H,3,7-8H2,1-2H3,(H,13,15). The number of rotatable bonds is 5. The van der Waals surface area contributed by atoms with E-state index in [9.17, 15) is 4.79 Å². The molecule has 4 nitrogen and oxygen atoms in total. The van der Waals surface area contributed by atoms with Gasteiger partial charge in [-0.3, -0.25) is 4.79 Å². The molecule has 0 unspecified atom stereocenters. The van der Waals surface area contributed by atoms with Gasteiger partial charge in [-0.15, -0.1) is 0 Å². The number of hydrogen-bond acceptors (Lipinski definition) is 3. The summed E-state index contributed by atoms with van der Waals surface area (Å²) in [5, 5.41) is 11.1. The Bertz CT molecular complexity index is 363. The van der Waals surface area contributed by atoms with Gasteiger partial charge in [0.1, 0.15) is 12.4 Å². The maximum atomic E-state index is 10.9. The third kappa shape index (κ3) is 3.55. The summed E-state index contributed by atoms with van der Waals surface area (Å²) in [6.45, 7) is 4.49. The highest BCUT2D eigenvalue weighted by Crippen LogP contribution is 2.18. The average Bonchev–Trinajstić information content (AvgIpc) is 2.29. The van der Waals surface area contributed by atoms with E-state index in [1.54, 1.807) is 0 Å². The number of aliphatic hydroxyl groups excluding tert-OH is 1. The van der Waals surface area contributed by atoms with Crippen molar-refractivity contribution in [2.75, 3.05) is 13.2 Å². The van der Waals surface area contributed by atoms with Crippen molar-refractivity contribution in [2.24, 2.45) is 0 Å². The zero-order chi connectivity index (χ0) is 12.0. The van der Waals surface area contributed by atoms with Crippen LogP contribution in [-0.4, -0.2) is 24.2 Å². The quantitative estimate of drug-likeness (QED) is 0.783. The van der Waals surface area contributed by atoms with Crippen molar-refractivity contribution in [3.05, 3.63) is 29.3 Å². The van der Waals surface area contributed by atoms with Gasteiger partial charge < -0.3 is 15.2 Å². The number of carbonyl (C=O) groups is 1. The molecule has 1 rings (SSSR count). The molecule has 88 valence electrons. The highest BCUT2D eigenvalue weighted by Gasteiger charge is 2.02. The zero-order valence-corrected chi connectivity index (χ0v) is 9.62. The summed E-state index contributed by atoms with van der Waals surface area (Å²) in [7, 11) is 0. The van der Waals surface area contributed by atoms with Crippen LogP contribution in [0.2, 0.25) is 0 Å². The molecular weight excluding hydrogens is 206 g/mol. The minimum absolute atomic E-state index is 0.369. The number of benzene rings is 1. The van der Waals surface area contributed by atoms with Crippen LogP contribution in [0.25, 0.3) is 0 Å². The molecule has 0 saturated carbocycles. The van der Waals surface area contributed by atoms with Gasteiger partial charge in [-0.1, -0.05) is 12.1 Å². The fourth-order valence-electron chi connectivity index (χ4n) is 1.40. The van der Waals surface area contributed by atoms with Gasteiger partial charge in [-0.25, -0.2) is 0 Å². The summed E-state index contributed by atoms with van der Waals surface area (Å²) in [6, 6.07) is 5.75. The summed E-state index contributed by atoms with van der Waals surface area (Å²) in [4.78, 5) is 10.9. The molecule has 1 aromatic rings. The molecule has 0 spiro atoms. The number of ether oxygens (including phenoxy) is 1. The molecule has 0 aliphatic heterocycles. The van der Waals surface area contributed by atoms with Crippen LogP contribution in [0.1, 0.15) is 18.1 Å². The molecule has 0 saturated heterocycles. The van der Waals surface area contributed by atoms with Gasteiger partial charge in [-0.05, 0) is 31.0 Å². The van der Waals surface area contributed by atoms with E-state index in [1.807, 2.05) is 32.0 Å².